The van der Waals surface area contributed by atoms with Gasteiger partial charge >= 0.3 is 0 Å². The maximum atomic E-state index is 5.81. The van der Waals surface area contributed by atoms with Crippen molar-refractivity contribution >= 4 is 17.2 Å². The molecule has 0 aliphatic rings. The van der Waals surface area contributed by atoms with Gasteiger partial charge in [-0.15, -0.1) is 0 Å². The molecule has 1 aromatic carbocycles. The van der Waals surface area contributed by atoms with Gasteiger partial charge in [-0.2, -0.15) is 4.98 Å². The first-order valence-electron chi connectivity index (χ1n) is 6.98. The first-order chi connectivity index (χ1) is 9.72. The van der Waals surface area contributed by atoms with Crippen molar-refractivity contribution in [1.82, 2.24) is 4.98 Å². The summed E-state index contributed by atoms with van der Waals surface area (Å²) in [6.45, 7) is 4.64. The third-order valence-electron chi connectivity index (χ3n) is 2.94. The lowest BCUT2D eigenvalue weighted by Gasteiger charge is -2.10. The van der Waals surface area contributed by atoms with Crippen LogP contribution in [0, 0.1) is 0 Å². The zero-order valence-electron chi connectivity index (χ0n) is 12.0. The molecular weight excluding hydrogens is 250 g/mol. The van der Waals surface area contributed by atoms with E-state index in [0.29, 0.717) is 18.2 Å². The molecule has 1 aromatic heterocycles. The van der Waals surface area contributed by atoms with Gasteiger partial charge in [0.15, 0.2) is 0 Å². The topological polar surface area (TPSA) is 60.2 Å². The van der Waals surface area contributed by atoms with Crippen molar-refractivity contribution in [3.63, 3.8) is 0 Å². The number of hydrogen-bond acceptors (Lipinski definition) is 4. The molecule has 20 heavy (non-hydrogen) atoms. The predicted molar refractivity (Wildman–Crippen MR) is 83.5 cm³/mol. The van der Waals surface area contributed by atoms with E-state index in [9.17, 15) is 0 Å². The van der Waals surface area contributed by atoms with Crippen LogP contribution in [-0.4, -0.2) is 11.6 Å². The number of nitrogens with zero attached hydrogens (tertiary/aromatic N) is 1. The molecule has 0 unspecified atom stereocenters. The molecule has 2 aromatic rings. The van der Waals surface area contributed by atoms with E-state index >= 15 is 0 Å². The van der Waals surface area contributed by atoms with Gasteiger partial charge in [0.1, 0.15) is 5.82 Å². The van der Waals surface area contributed by atoms with Crippen molar-refractivity contribution in [1.29, 1.82) is 0 Å². The average molecular weight is 271 g/mol. The minimum Gasteiger partial charge on any atom is -0.476 e. The van der Waals surface area contributed by atoms with E-state index < -0.39 is 0 Å². The number of hydrogen-bond donors (Lipinski definition) is 2. The van der Waals surface area contributed by atoms with Crippen LogP contribution in [0.1, 0.15) is 25.8 Å². The number of aromatic nitrogens is 1. The highest BCUT2D eigenvalue weighted by molar-refractivity contribution is 5.60. The Morgan fingerprint density at radius 2 is 1.85 bits per heavy atom. The number of nitrogens with one attached hydrogen (secondary N) is 1. The second-order valence-corrected chi connectivity index (χ2v) is 4.60. The normalized spacial score (nSPS) is 10.3. The molecule has 0 fully saturated rings. The summed E-state index contributed by atoms with van der Waals surface area (Å²) in [6.07, 6.45) is 2.26. The van der Waals surface area contributed by atoms with E-state index in [1.54, 1.807) is 6.07 Å². The molecule has 0 saturated heterocycles. The summed E-state index contributed by atoms with van der Waals surface area (Å²) in [5.74, 6) is 1.20. The maximum Gasteiger partial charge on any atom is 0.239 e. The third kappa shape index (κ3) is 3.63. The monoisotopic (exact) mass is 271 g/mol. The number of anilines is 3. The molecule has 1 heterocycles. The van der Waals surface area contributed by atoms with Crippen molar-refractivity contribution in [3.05, 3.63) is 42.0 Å². The lowest BCUT2D eigenvalue weighted by molar-refractivity contribution is 0.329. The van der Waals surface area contributed by atoms with Gasteiger partial charge in [0.2, 0.25) is 5.88 Å². The van der Waals surface area contributed by atoms with Crippen LogP contribution in [0.15, 0.2) is 36.4 Å². The second kappa shape index (κ2) is 6.80. The van der Waals surface area contributed by atoms with Gasteiger partial charge in [-0.3, -0.25) is 0 Å². The fourth-order valence-electron chi connectivity index (χ4n) is 1.96. The predicted octanol–water partition coefficient (Wildman–Crippen LogP) is 3.76. The van der Waals surface area contributed by atoms with Crippen LogP contribution in [0.3, 0.4) is 0 Å². The van der Waals surface area contributed by atoms with E-state index in [1.165, 1.54) is 5.56 Å². The zero-order valence-corrected chi connectivity index (χ0v) is 12.0. The molecule has 106 valence electrons. The van der Waals surface area contributed by atoms with Gasteiger partial charge in [-0.25, -0.2) is 0 Å². The summed E-state index contributed by atoms with van der Waals surface area (Å²) in [7, 11) is 0. The maximum absolute atomic E-state index is 5.81. The Hall–Kier alpha value is -2.23. The third-order valence-corrected chi connectivity index (χ3v) is 2.94. The summed E-state index contributed by atoms with van der Waals surface area (Å²) in [6, 6.07) is 12.0. The SMILES string of the molecule is CCCc1ccc(Nc2ccc(N)c(OCC)n2)cc1. The standard InChI is InChI=1S/C16H21N3O/c1-3-5-12-6-8-13(9-7-12)18-15-11-10-14(17)16(19-15)20-4-2/h6-11H,3-5,17H2,1-2H3,(H,18,19). The number of benzene rings is 1. The van der Waals surface area contributed by atoms with E-state index in [1.807, 2.05) is 13.0 Å². The van der Waals surface area contributed by atoms with Crippen molar-refractivity contribution in [2.24, 2.45) is 0 Å². The Labute approximate surface area is 120 Å². The molecule has 0 aliphatic carbocycles. The first-order valence-corrected chi connectivity index (χ1v) is 6.98. The Kier molecular flexibility index (Phi) is 4.82. The Morgan fingerprint density at radius 1 is 1.10 bits per heavy atom. The minimum atomic E-state index is 0.472. The van der Waals surface area contributed by atoms with Crippen LogP contribution in [0.2, 0.25) is 0 Å². The molecule has 0 spiro atoms. The van der Waals surface area contributed by atoms with E-state index in [-0.39, 0.29) is 0 Å². The summed E-state index contributed by atoms with van der Waals surface area (Å²) >= 11 is 0. The quantitative estimate of drug-likeness (QED) is 0.839. The van der Waals surface area contributed by atoms with Crippen LogP contribution in [-0.2, 0) is 6.42 Å². The van der Waals surface area contributed by atoms with Crippen LogP contribution < -0.4 is 15.8 Å². The lowest BCUT2D eigenvalue weighted by atomic mass is 10.1. The van der Waals surface area contributed by atoms with Crippen molar-refractivity contribution in [2.75, 3.05) is 17.7 Å². The highest BCUT2D eigenvalue weighted by atomic mass is 16.5. The molecule has 0 aliphatic heterocycles. The number of aryl methyl sites for hydroxylation is 1. The van der Waals surface area contributed by atoms with Gasteiger partial charge in [-0.1, -0.05) is 25.5 Å². The molecule has 0 saturated carbocycles. The Bertz CT molecular complexity index is 552. The van der Waals surface area contributed by atoms with Gasteiger partial charge in [0.25, 0.3) is 0 Å². The summed E-state index contributed by atoms with van der Waals surface area (Å²) in [5.41, 5.74) is 8.71. The molecule has 4 nitrogen and oxygen atoms in total. The van der Waals surface area contributed by atoms with E-state index in [4.69, 9.17) is 10.5 Å². The molecule has 3 N–H and O–H groups in total. The molecule has 0 radical (unpaired) electrons. The smallest absolute Gasteiger partial charge is 0.239 e. The second-order valence-electron chi connectivity index (χ2n) is 4.60. The summed E-state index contributed by atoms with van der Waals surface area (Å²) in [5, 5.41) is 3.25. The number of pyridine rings is 1. The fourth-order valence-corrected chi connectivity index (χ4v) is 1.96. The van der Waals surface area contributed by atoms with E-state index in [0.717, 1.165) is 24.3 Å². The molecule has 4 heteroatoms. The van der Waals surface area contributed by atoms with Gasteiger partial charge in [0, 0.05) is 5.69 Å². The van der Waals surface area contributed by atoms with Gasteiger partial charge in [-0.05, 0) is 43.2 Å². The highest BCUT2D eigenvalue weighted by Gasteiger charge is 2.04. The number of rotatable bonds is 6. The van der Waals surface area contributed by atoms with Crippen molar-refractivity contribution < 1.29 is 4.74 Å². The van der Waals surface area contributed by atoms with Gasteiger partial charge < -0.3 is 15.8 Å². The molecular formula is C16H21N3O. The first kappa shape index (κ1) is 14.2. The zero-order chi connectivity index (χ0) is 14.4. The average Bonchev–Trinajstić information content (AvgIpc) is 2.45. The molecule has 0 atom stereocenters. The van der Waals surface area contributed by atoms with Crippen molar-refractivity contribution in [2.45, 2.75) is 26.7 Å². The highest BCUT2D eigenvalue weighted by Crippen LogP contribution is 2.23. The summed E-state index contributed by atoms with van der Waals surface area (Å²) < 4.78 is 5.39. The molecule has 0 amide bonds. The van der Waals surface area contributed by atoms with Crippen LogP contribution in [0.4, 0.5) is 17.2 Å². The molecule has 0 bridgehead atoms. The van der Waals surface area contributed by atoms with Crippen LogP contribution in [0.25, 0.3) is 0 Å². The fraction of sp³-hybridized carbons (Fsp3) is 0.312. The lowest BCUT2D eigenvalue weighted by Crippen LogP contribution is -2.02. The van der Waals surface area contributed by atoms with Gasteiger partial charge in [0.05, 0.1) is 12.3 Å². The summed E-state index contributed by atoms with van der Waals surface area (Å²) in [4.78, 5) is 4.36. The molecule has 2 rings (SSSR count). The Morgan fingerprint density at radius 3 is 2.50 bits per heavy atom. The largest absolute Gasteiger partial charge is 0.476 e. The number of nitrogen functional groups attached to an aromatic ring is 1. The van der Waals surface area contributed by atoms with Crippen LogP contribution >= 0.6 is 0 Å². The van der Waals surface area contributed by atoms with E-state index in [2.05, 4.69) is 41.5 Å². The Balaban J connectivity index is 2.11. The van der Waals surface area contributed by atoms with Crippen molar-refractivity contribution in [3.8, 4) is 5.88 Å². The number of nitrogens with two attached hydrogens (primary N) is 1. The minimum absolute atomic E-state index is 0.472. The van der Waals surface area contributed by atoms with Crippen LogP contribution in [0.5, 0.6) is 5.88 Å². The number of ether oxygens (including phenoxy) is 1.